The van der Waals surface area contributed by atoms with Gasteiger partial charge >= 0.3 is 29.8 Å². The molecule has 0 aromatic rings. The monoisotopic (exact) mass is 1240 g/mol. The van der Waals surface area contributed by atoms with E-state index in [-0.39, 0.29) is 154 Å². The van der Waals surface area contributed by atoms with Gasteiger partial charge in [0.2, 0.25) is 29.5 Å². The van der Waals surface area contributed by atoms with Gasteiger partial charge in [-0.15, -0.1) is 24.0 Å². The third-order valence-electron chi connectivity index (χ3n) is 14.7. The number of Topliss-reactive ketones (excluding diaryl/α,β-unsaturated/α-hetero) is 1. The van der Waals surface area contributed by atoms with Gasteiger partial charge in [0.05, 0.1) is 83.3 Å². The number of rotatable bonds is 18. The second kappa shape index (κ2) is 44.4. The predicted molar refractivity (Wildman–Crippen MR) is 310 cm³/mol. The summed E-state index contributed by atoms with van der Waals surface area (Å²) in [6.45, 7) is 19.6. The number of ether oxygens (including phenoxy) is 3. The van der Waals surface area contributed by atoms with Crippen molar-refractivity contribution < 1.29 is 97.6 Å². The molecule has 0 radical (unpaired) electrons. The Labute approximate surface area is 505 Å². The molecular formula is C56H98Cl2N6O20. The highest BCUT2D eigenvalue weighted by Gasteiger charge is 2.38. The van der Waals surface area contributed by atoms with Gasteiger partial charge in [-0.2, -0.15) is 0 Å². The number of cyclic esters (lactones) is 2. The summed E-state index contributed by atoms with van der Waals surface area (Å²) in [7, 11) is 0. The Balaban J connectivity index is 0. The minimum Gasteiger partial charge on any atom is -0.481 e. The Bertz CT molecular complexity index is 1890. The van der Waals surface area contributed by atoms with Crippen LogP contribution in [0.15, 0.2) is 0 Å². The number of nitrogens with zero attached hydrogens (tertiary/aromatic N) is 5. The largest absolute Gasteiger partial charge is 0.481 e. The molecule has 6 heterocycles. The Morgan fingerprint density at radius 3 is 1.04 bits per heavy atom. The van der Waals surface area contributed by atoms with Crippen molar-refractivity contribution in [2.24, 2.45) is 35.3 Å². The molecule has 10 atom stereocenters. The number of likely N-dealkylation sites (tertiary alicyclic amines) is 5. The number of nitrogens with two attached hydrogens (primary N) is 1. The van der Waals surface area contributed by atoms with Crippen molar-refractivity contribution >= 4 is 89.2 Å². The van der Waals surface area contributed by atoms with Crippen molar-refractivity contribution in [1.29, 1.82) is 0 Å². The standard InChI is InChI=1S/C14H23NO4.C13H21NO5.C9H17NO2.C8H15NO3.C7H14N2O3.C4H4O3.CH3Cl.ClH/c1-4-11-8-15(13(17)5-2)9-12(11)19-14(18)7-6-10(3)16;1-3-9-7-14(11(15)4-2)8-10(9)19-13(18)6-5-12(16)17;1-3-7-5-10(6-8(7)11)9(12)4-2;1-2-8(12)9-3-6(5-10)7(11)4-9;8-1-7(12)9-2-5(4-10)6(11)3-9;5-3-1-2-4(6)7-3;1-2;/h11-12H,4-9H2,1-3H3;9-10H,3-8H2,1-2H3,(H,16,17);7-8,11H,3-6H2,1-2H3;6-7,10-11H,2-5H2,1H3;5-6,10-11H,1-4,8H2;1-2H2;1H3;1H/t11-,12+;9-,10+;7-,8+;6-,7-;5-,6-;;;/m11100.../s1. The molecule has 8 N–H and O–H groups in total. The zero-order valence-electron chi connectivity index (χ0n) is 50.7. The molecule has 26 nitrogen and oxygen atoms in total. The fraction of sp³-hybridized carbons (Fsp3) is 0.804. The maximum absolute atomic E-state index is 11.7. The molecule has 6 aliphatic rings. The van der Waals surface area contributed by atoms with E-state index < -0.39 is 36.1 Å². The summed E-state index contributed by atoms with van der Waals surface area (Å²) in [5.74, 6) is -2.21. The van der Waals surface area contributed by atoms with Crippen molar-refractivity contribution in [1.82, 2.24) is 24.5 Å². The van der Waals surface area contributed by atoms with Crippen LogP contribution in [0.2, 0.25) is 0 Å². The first kappa shape index (κ1) is 81.0. The quantitative estimate of drug-likeness (QED) is 0.0440. The highest BCUT2D eigenvalue weighted by molar-refractivity contribution is 6.15. The number of ketones is 1. The first-order valence-corrected chi connectivity index (χ1v) is 29.6. The first-order valence-electron chi connectivity index (χ1n) is 28.9. The number of aliphatic hydroxyl groups excluding tert-OH is 5. The van der Waals surface area contributed by atoms with E-state index >= 15 is 0 Å². The van der Waals surface area contributed by atoms with Crippen LogP contribution in [0.1, 0.15) is 139 Å². The molecule has 0 aliphatic carbocycles. The normalized spacial score (nSPS) is 24.5. The molecule has 0 bridgehead atoms. The number of carbonyl (C=O) groups excluding carboxylic acids is 10. The summed E-state index contributed by atoms with van der Waals surface area (Å²) in [6.07, 6.45) is 4.59. The predicted octanol–water partition coefficient (Wildman–Crippen LogP) is 1.30. The Morgan fingerprint density at radius 2 is 0.786 bits per heavy atom. The summed E-state index contributed by atoms with van der Waals surface area (Å²) < 4.78 is 14.8. The molecule has 6 rings (SSSR count). The average molecular weight is 1250 g/mol. The van der Waals surface area contributed by atoms with Crippen LogP contribution in [0, 0.1) is 29.6 Å². The number of halogens is 2. The molecule has 6 aliphatic heterocycles. The fourth-order valence-corrected chi connectivity index (χ4v) is 9.47. The number of esters is 4. The number of β-amino-alcohol motifs (C(OH)–C–C–N with tert-alkyl or cyclic N) is 3. The van der Waals surface area contributed by atoms with E-state index in [1.54, 1.807) is 33.4 Å². The van der Waals surface area contributed by atoms with Crippen LogP contribution in [-0.4, -0.2) is 242 Å². The van der Waals surface area contributed by atoms with Crippen LogP contribution in [0.25, 0.3) is 0 Å². The number of aliphatic carboxylic acids is 1. The SMILES string of the molecule is CCC(=O)N1C[C@@H](CC)[C@@H](O)C1.CCC(=O)N1C[C@@H](CC)[C@@H](OC(=O)CCC(=O)O)C1.CCC(=O)N1C[C@@H](CC)[C@@H](OC(=O)CCC(C)=O)C1.CCC(=O)N1C[C@@H](CO)[C@@H](O)C1.CCl.Cl.NCC(=O)N1C[C@@H](CO)[C@@H](O)C1.O=C1CCC(=O)O1. The maximum atomic E-state index is 11.7. The number of hydrogen-bond acceptors (Lipinski definition) is 20. The minimum absolute atomic E-state index is 0. The van der Waals surface area contributed by atoms with Gasteiger partial charge in [0.15, 0.2) is 0 Å². The highest BCUT2D eigenvalue weighted by atomic mass is 35.5. The lowest BCUT2D eigenvalue weighted by Crippen LogP contribution is -2.34. The third kappa shape index (κ3) is 29.8. The second-order valence-electron chi connectivity index (χ2n) is 20.7. The fourth-order valence-electron chi connectivity index (χ4n) is 9.47. The molecular weight excluding hydrogens is 1150 g/mol. The molecule has 84 heavy (non-hydrogen) atoms. The third-order valence-corrected chi connectivity index (χ3v) is 14.7. The molecule has 5 amide bonds. The smallest absolute Gasteiger partial charge is 0.314 e. The van der Waals surface area contributed by atoms with Crippen molar-refractivity contribution in [3.05, 3.63) is 0 Å². The average Bonchev–Trinajstić information content (AvgIpc) is 4.37. The van der Waals surface area contributed by atoms with E-state index in [1.807, 2.05) is 34.6 Å². The van der Waals surface area contributed by atoms with Crippen molar-refractivity contribution in [2.75, 3.05) is 91.6 Å². The topological polar surface area (TPSA) is 379 Å². The number of aliphatic hydroxyl groups is 5. The zero-order valence-corrected chi connectivity index (χ0v) is 52.2. The Morgan fingerprint density at radius 1 is 0.488 bits per heavy atom. The van der Waals surface area contributed by atoms with Crippen LogP contribution in [0.4, 0.5) is 0 Å². The van der Waals surface area contributed by atoms with Gasteiger partial charge in [0.1, 0.15) is 18.0 Å². The van der Waals surface area contributed by atoms with Crippen LogP contribution >= 0.6 is 24.0 Å². The number of carboxylic acids is 1. The van der Waals surface area contributed by atoms with Gasteiger partial charge in [-0.05, 0) is 26.2 Å². The number of hydrogen-bond donors (Lipinski definition) is 7. The number of amides is 5. The number of alkyl halides is 1. The molecule has 6 fully saturated rings. The molecule has 0 saturated carbocycles. The van der Waals surface area contributed by atoms with E-state index in [2.05, 4.69) is 16.3 Å². The van der Waals surface area contributed by atoms with Crippen molar-refractivity contribution in [3.63, 3.8) is 0 Å². The van der Waals surface area contributed by atoms with Gasteiger partial charge in [-0.1, -0.05) is 48.5 Å². The van der Waals surface area contributed by atoms with E-state index in [1.165, 1.54) is 18.2 Å². The van der Waals surface area contributed by atoms with Crippen LogP contribution in [0.3, 0.4) is 0 Å². The Hall–Kier alpha value is -5.09. The number of carboxylic acid groups (broad SMARTS) is 1. The van der Waals surface area contributed by atoms with Gasteiger partial charge in [0.25, 0.3) is 0 Å². The molecule has 0 spiro atoms. The van der Waals surface area contributed by atoms with Gasteiger partial charge < -0.3 is 79.9 Å². The minimum atomic E-state index is -1.02. The molecule has 0 aromatic carbocycles. The van der Waals surface area contributed by atoms with Crippen molar-refractivity contribution in [2.45, 2.75) is 169 Å². The van der Waals surface area contributed by atoms with Crippen LogP contribution in [-0.2, 0) is 67.0 Å². The van der Waals surface area contributed by atoms with E-state index in [4.69, 9.17) is 30.5 Å². The maximum Gasteiger partial charge on any atom is 0.314 e. The lowest BCUT2D eigenvalue weighted by molar-refractivity contribution is -0.153. The summed E-state index contributed by atoms with van der Waals surface area (Å²) in [5, 5.41) is 54.3. The molecule has 28 heteroatoms. The molecule has 0 unspecified atom stereocenters. The van der Waals surface area contributed by atoms with E-state index in [0.717, 1.165) is 25.8 Å². The van der Waals surface area contributed by atoms with Crippen LogP contribution < -0.4 is 5.73 Å². The van der Waals surface area contributed by atoms with Crippen molar-refractivity contribution in [3.8, 4) is 0 Å². The van der Waals surface area contributed by atoms with Crippen LogP contribution in [0.5, 0.6) is 0 Å². The molecule has 486 valence electrons. The summed E-state index contributed by atoms with van der Waals surface area (Å²) >= 11 is 4.64. The van der Waals surface area contributed by atoms with Gasteiger partial charge in [-0.3, -0.25) is 47.9 Å². The van der Waals surface area contributed by atoms with E-state index in [9.17, 15) is 68.1 Å². The van der Waals surface area contributed by atoms with Gasteiger partial charge in [0, 0.05) is 120 Å². The second-order valence-corrected chi connectivity index (χ2v) is 20.7. The lowest BCUT2D eigenvalue weighted by atomic mass is 10.0. The lowest BCUT2D eigenvalue weighted by Gasteiger charge is -2.17. The first-order chi connectivity index (χ1) is 39.3. The summed E-state index contributed by atoms with van der Waals surface area (Å²) in [5.41, 5.74) is 5.15. The zero-order chi connectivity index (χ0) is 63.5. The number of carbonyl (C=O) groups is 11. The molecule has 6 saturated heterocycles. The summed E-state index contributed by atoms with van der Waals surface area (Å²) in [6, 6.07) is 0. The molecule has 0 aromatic heterocycles. The highest BCUT2D eigenvalue weighted by Crippen LogP contribution is 2.26. The Kier molecular flexibility index (Phi) is 42.8. The summed E-state index contributed by atoms with van der Waals surface area (Å²) in [4.78, 5) is 129. The van der Waals surface area contributed by atoms with Gasteiger partial charge in [-0.25, -0.2) is 0 Å². The van der Waals surface area contributed by atoms with E-state index in [0.29, 0.717) is 90.5 Å².